The molecule has 1 aromatic carbocycles. The summed E-state index contributed by atoms with van der Waals surface area (Å²) in [6.07, 6.45) is 1.17. The Morgan fingerprint density at radius 3 is 2.60 bits per heavy atom. The van der Waals surface area contributed by atoms with Crippen molar-refractivity contribution in [2.24, 2.45) is 5.92 Å². The minimum Gasteiger partial charge on any atom is -0.392 e. The third-order valence-corrected chi connectivity index (χ3v) is 4.93. The van der Waals surface area contributed by atoms with Gasteiger partial charge in [-0.15, -0.1) is 11.8 Å². The Balaban J connectivity index is 2.36. The Morgan fingerprint density at radius 1 is 1.30 bits per heavy atom. The molecular formula is C16H22N2OS. The second-order valence-corrected chi connectivity index (χ2v) is 6.11. The van der Waals surface area contributed by atoms with Crippen LogP contribution in [0.25, 0.3) is 5.69 Å². The van der Waals surface area contributed by atoms with Crippen molar-refractivity contribution < 1.29 is 5.11 Å². The van der Waals surface area contributed by atoms with Crippen molar-refractivity contribution in [2.75, 3.05) is 5.75 Å². The van der Waals surface area contributed by atoms with Gasteiger partial charge in [-0.2, -0.15) is 5.10 Å². The molecule has 0 aliphatic rings. The van der Waals surface area contributed by atoms with Gasteiger partial charge in [-0.25, -0.2) is 4.68 Å². The average Bonchev–Trinajstić information content (AvgIpc) is 2.81. The normalized spacial score (nSPS) is 12.6. The second kappa shape index (κ2) is 6.95. The van der Waals surface area contributed by atoms with Gasteiger partial charge in [0.25, 0.3) is 0 Å². The van der Waals surface area contributed by atoms with Crippen LogP contribution in [0.5, 0.6) is 0 Å². The molecule has 0 spiro atoms. The van der Waals surface area contributed by atoms with Gasteiger partial charge in [-0.05, 0) is 25.0 Å². The summed E-state index contributed by atoms with van der Waals surface area (Å²) in [6, 6.07) is 10.1. The minimum absolute atomic E-state index is 0.0432. The Hall–Kier alpha value is -1.26. The van der Waals surface area contributed by atoms with E-state index in [1.54, 1.807) is 11.8 Å². The second-order valence-electron chi connectivity index (χ2n) is 5.10. The summed E-state index contributed by atoms with van der Waals surface area (Å²) in [6.45, 7) is 6.46. The Morgan fingerprint density at radius 2 is 2.00 bits per heavy atom. The smallest absolute Gasteiger partial charge is 0.106 e. The number of aliphatic hydroxyl groups is 1. The average molecular weight is 290 g/mol. The molecule has 1 atom stereocenters. The van der Waals surface area contributed by atoms with E-state index >= 15 is 0 Å². The molecular weight excluding hydrogens is 268 g/mol. The number of aliphatic hydroxyl groups excluding tert-OH is 1. The van der Waals surface area contributed by atoms with Crippen LogP contribution in [0.15, 0.2) is 35.4 Å². The monoisotopic (exact) mass is 290 g/mol. The lowest BCUT2D eigenvalue weighted by Crippen LogP contribution is -2.02. The molecule has 0 aliphatic heterocycles. The van der Waals surface area contributed by atoms with Gasteiger partial charge in [0.15, 0.2) is 0 Å². The maximum atomic E-state index is 9.62. The molecule has 1 aromatic heterocycles. The van der Waals surface area contributed by atoms with Gasteiger partial charge >= 0.3 is 0 Å². The van der Waals surface area contributed by atoms with Gasteiger partial charge in [0, 0.05) is 11.3 Å². The third-order valence-electron chi connectivity index (χ3n) is 3.50. The fraction of sp³-hybridized carbons (Fsp3) is 0.438. The van der Waals surface area contributed by atoms with Gasteiger partial charge in [0.2, 0.25) is 0 Å². The van der Waals surface area contributed by atoms with Gasteiger partial charge in [-0.1, -0.05) is 38.5 Å². The van der Waals surface area contributed by atoms with E-state index in [1.807, 2.05) is 41.9 Å². The van der Waals surface area contributed by atoms with E-state index in [0.717, 1.165) is 27.7 Å². The number of aryl methyl sites for hydroxylation is 1. The molecule has 1 unspecified atom stereocenters. The standard InChI is InChI=1S/C16H22N2OS/c1-4-12(2)11-20-16-15(10-19)13(3)17-18(16)14-8-6-5-7-9-14/h5-9,12,19H,4,10-11H2,1-3H3. The SMILES string of the molecule is CCC(C)CSc1c(CO)c(C)nn1-c1ccccc1. The zero-order valence-corrected chi connectivity index (χ0v) is 13.2. The molecule has 0 aliphatic carbocycles. The predicted octanol–water partition coefficient (Wildman–Crippen LogP) is 3.81. The highest BCUT2D eigenvalue weighted by molar-refractivity contribution is 7.99. The number of hydrogen-bond donors (Lipinski definition) is 1. The number of thioether (sulfide) groups is 1. The maximum Gasteiger partial charge on any atom is 0.106 e. The van der Waals surface area contributed by atoms with Crippen LogP contribution in [0.4, 0.5) is 0 Å². The first-order chi connectivity index (χ1) is 9.67. The number of benzene rings is 1. The molecule has 0 saturated carbocycles. The molecule has 0 saturated heterocycles. The largest absolute Gasteiger partial charge is 0.392 e. The van der Waals surface area contributed by atoms with E-state index in [0.29, 0.717) is 5.92 Å². The van der Waals surface area contributed by atoms with Gasteiger partial charge in [0.1, 0.15) is 5.03 Å². The van der Waals surface area contributed by atoms with Crippen molar-refractivity contribution >= 4 is 11.8 Å². The summed E-state index contributed by atoms with van der Waals surface area (Å²) in [5.41, 5.74) is 2.90. The van der Waals surface area contributed by atoms with Crippen molar-refractivity contribution in [1.29, 1.82) is 0 Å². The Labute approximate surface area is 125 Å². The van der Waals surface area contributed by atoms with E-state index in [4.69, 9.17) is 0 Å². The molecule has 108 valence electrons. The van der Waals surface area contributed by atoms with Crippen molar-refractivity contribution in [3.8, 4) is 5.69 Å². The van der Waals surface area contributed by atoms with Gasteiger partial charge in [0.05, 0.1) is 18.0 Å². The van der Waals surface area contributed by atoms with Crippen LogP contribution in [0.2, 0.25) is 0 Å². The summed E-state index contributed by atoms with van der Waals surface area (Å²) in [5, 5.41) is 15.3. The molecule has 0 amide bonds. The summed E-state index contributed by atoms with van der Waals surface area (Å²) in [5.74, 6) is 1.70. The molecule has 0 bridgehead atoms. The lowest BCUT2D eigenvalue weighted by Gasteiger charge is -2.11. The van der Waals surface area contributed by atoms with Crippen molar-refractivity contribution in [1.82, 2.24) is 9.78 Å². The summed E-state index contributed by atoms with van der Waals surface area (Å²) < 4.78 is 1.95. The van der Waals surface area contributed by atoms with Crippen LogP contribution in [0.1, 0.15) is 31.5 Å². The molecule has 20 heavy (non-hydrogen) atoms. The molecule has 4 heteroatoms. The van der Waals surface area contributed by atoms with Crippen LogP contribution < -0.4 is 0 Å². The highest BCUT2D eigenvalue weighted by Gasteiger charge is 2.16. The van der Waals surface area contributed by atoms with Crippen molar-refractivity contribution in [3.05, 3.63) is 41.6 Å². The highest BCUT2D eigenvalue weighted by atomic mass is 32.2. The summed E-state index contributed by atoms with van der Waals surface area (Å²) >= 11 is 1.79. The van der Waals surface area contributed by atoms with Crippen LogP contribution in [0, 0.1) is 12.8 Å². The maximum absolute atomic E-state index is 9.62. The van der Waals surface area contributed by atoms with Crippen LogP contribution >= 0.6 is 11.8 Å². The Bertz CT molecular complexity index is 551. The number of aromatic nitrogens is 2. The number of nitrogens with zero attached hydrogens (tertiary/aromatic N) is 2. The highest BCUT2D eigenvalue weighted by Crippen LogP contribution is 2.30. The number of hydrogen-bond acceptors (Lipinski definition) is 3. The Kier molecular flexibility index (Phi) is 5.26. The van der Waals surface area contributed by atoms with Crippen LogP contribution in [0.3, 0.4) is 0 Å². The van der Waals surface area contributed by atoms with Crippen LogP contribution in [-0.2, 0) is 6.61 Å². The lowest BCUT2D eigenvalue weighted by molar-refractivity contribution is 0.278. The number of rotatable bonds is 6. The lowest BCUT2D eigenvalue weighted by atomic mass is 10.2. The van der Waals surface area contributed by atoms with Crippen molar-refractivity contribution in [3.63, 3.8) is 0 Å². The first-order valence-corrected chi connectivity index (χ1v) is 8.03. The van der Waals surface area contributed by atoms with E-state index in [-0.39, 0.29) is 6.61 Å². The third kappa shape index (κ3) is 3.25. The first-order valence-electron chi connectivity index (χ1n) is 7.05. The zero-order valence-electron chi connectivity index (χ0n) is 12.3. The predicted molar refractivity (Wildman–Crippen MR) is 84.4 cm³/mol. The summed E-state index contributed by atoms with van der Waals surface area (Å²) in [4.78, 5) is 0. The van der Waals surface area contributed by atoms with Crippen LogP contribution in [-0.4, -0.2) is 20.6 Å². The molecule has 0 fully saturated rings. The van der Waals surface area contributed by atoms with E-state index < -0.39 is 0 Å². The fourth-order valence-electron chi connectivity index (χ4n) is 1.95. The van der Waals surface area contributed by atoms with E-state index in [1.165, 1.54) is 6.42 Å². The van der Waals surface area contributed by atoms with Gasteiger partial charge in [-0.3, -0.25) is 0 Å². The van der Waals surface area contributed by atoms with Gasteiger partial charge < -0.3 is 5.11 Å². The molecule has 1 N–H and O–H groups in total. The fourth-order valence-corrected chi connectivity index (χ4v) is 3.28. The minimum atomic E-state index is 0.0432. The quantitative estimate of drug-likeness (QED) is 0.822. The molecule has 2 aromatic rings. The topological polar surface area (TPSA) is 38.1 Å². The molecule has 3 nitrogen and oxygen atoms in total. The van der Waals surface area contributed by atoms with Crippen molar-refractivity contribution in [2.45, 2.75) is 38.8 Å². The molecule has 0 radical (unpaired) electrons. The molecule has 1 heterocycles. The zero-order chi connectivity index (χ0) is 14.5. The summed E-state index contributed by atoms with van der Waals surface area (Å²) in [7, 11) is 0. The molecule has 2 rings (SSSR count). The van der Waals surface area contributed by atoms with E-state index in [9.17, 15) is 5.11 Å². The first kappa shape index (κ1) is 15.1. The number of para-hydroxylation sites is 1. The van der Waals surface area contributed by atoms with E-state index in [2.05, 4.69) is 18.9 Å².